The zero-order valence-corrected chi connectivity index (χ0v) is 8.30. The minimum absolute atomic E-state index is 0.0406. The predicted octanol–water partition coefficient (Wildman–Crippen LogP) is 1.53. The number of nitrogens with zero attached hydrogens (tertiary/aromatic N) is 1. The zero-order valence-electron chi connectivity index (χ0n) is 8.30. The van der Waals surface area contributed by atoms with Gasteiger partial charge in [0.15, 0.2) is 0 Å². The van der Waals surface area contributed by atoms with Gasteiger partial charge in [0.05, 0.1) is 0 Å². The second-order valence-electron chi connectivity index (χ2n) is 3.50. The van der Waals surface area contributed by atoms with Gasteiger partial charge in [0.1, 0.15) is 11.6 Å². The highest BCUT2D eigenvalue weighted by atomic mass is 19.1. The van der Waals surface area contributed by atoms with Crippen LogP contribution in [0, 0.1) is 11.6 Å². The molecule has 1 aromatic carbocycles. The van der Waals surface area contributed by atoms with Gasteiger partial charge < -0.3 is 10.6 Å². The number of rotatable bonds is 3. The Morgan fingerprint density at radius 3 is 2.21 bits per heavy atom. The van der Waals surface area contributed by atoms with Crippen LogP contribution in [0.2, 0.25) is 0 Å². The fourth-order valence-electron chi connectivity index (χ4n) is 1.35. The summed E-state index contributed by atoms with van der Waals surface area (Å²) in [5, 5.41) is 0. The van der Waals surface area contributed by atoms with E-state index < -0.39 is 17.7 Å². The Bertz CT molecular complexity index is 293. The van der Waals surface area contributed by atoms with Crippen molar-refractivity contribution in [1.29, 1.82) is 0 Å². The van der Waals surface area contributed by atoms with E-state index in [9.17, 15) is 8.78 Å². The van der Waals surface area contributed by atoms with E-state index in [0.717, 1.165) is 0 Å². The Morgan fingerprint density at radius 1 is 1.29 bits per heavy atom. The average Bonchev–Trinajstić information content (AvgIpc) is 2.01. The van der Waals surface area contributed by atoms with Gasteiger partial charge in [0.2, 0.25) is 0 Å². The van der Waals surface area contributed by atoms with E-state index in [2.05, 4.69) is 0 Å². The van der Waals surface area contributed by atoms with E-state index in [1.165, 1.54) is 18.2 Å². The molecular formula is C10H14F2N2. The number of hydrogen-bond acceptors (Lipinski definition) is 2. The third-order valence-corrected chi connectivity index (χ3v) is 1.93. The monoisotopic (exact) mass is 200 g/mol. The van der Waals surface area contributed by atoms with Crippen LogP contribution in [0.4, 0.5) is 8.78 Å². The van der Waals surface area contributed by atoms with Gasteiger partial charge in [-0.3, -0.25) is 0 Å². The third-order valence-electron chi connectivity index (χ3n) is 1.93. The topological polar surface area (TPSA) is 29.3 Å². The molecule has 0 heterocycles. The summed E-state index contributed by atoms with van der Waals surface area (Å²) in [4.78, 5) is 1.79. The predicted molar refractivity (Wildman–Crippen MR) is 51.8 cm³/mol. The molecule has 0 saturated heterocycles. The quantitative estimate of drug-likeness (QED) is 0.801. The highest BCUT2D eigenvalue weighted by molar-refractivity contribution is 5.23. The van der Waals surface area contributed by atoms with Crippen molar-refractivity contribution in [2.45, 2.75) is 6.04 Å². The first-order chi connectivity index (χ1) is 6.52. The molecule has 0 aromatic heterocycles. The summed E-state index contributed by atoms with van der Waals surface area (Å²) in [5.41, 5.74) is 5.64. The Balaban J connectivity index is 2.94. The molecule has 1 atom stereocenters. The first-order valence-electron chi connectivity index (χ1n) is 4.36. The number of benzene rings is 1. The molecule has 1 rings (SSSR count). The summed E-state index contributed by atoms with van der Waals surface area (Å²) in [7, 11) is 3.61. The van der Waals surface area contributed by atoms with Crippen LogP contribution in [-0.4, -0.2) is 25.5 Å². The van der Waals surface area contributed by atoms with Crippen LogP contribution in [0.5, 0.6) is 0 Å². The lowest BCUT2D eigenvalue weighted by molar-refractivity contribution is 0.365. The lowest BCUT2D eigenvalue weighted by Gasteiger charge is -2.18. The van der Waals surface area contributed by atoms with Gasteiger partial charge in [0, 0.05) is 18.2 Å². The minimum Gasteiger partial charge on any atom is -0.323 e. The Labute approximate surface area is 82.3 Å². The summed E-state index contributed by atoms with van der Waals surface area (Å²) in [6.45, 7) is 0.415. The molecular weight excluding hydrogens is 186 g/mol. The molecule has 0 aliphatic heterocycles. The van der Waals surface area contributed by atoms with Gasteiger partial charge in [-0.25, -0.2) is 8.78 Å². The van der Waals surface area contributed by atoms with Crippen molar-refractivity contribution in [3.05, 3.63) is 35.4 Å². The van der Waals surface area contributed by atoms with Crippen LogP contribution in [0.25, 0.3) is 0 Å². The molecule has 0 aliphatic rings. The summed E-state index contributed by atoms with van der Waals surface area (Å²) < 4.78 is 26.4. The summed E-state index contributed by atoms with van der Waals surface area (Å²) in [5.74, 6) is -1.17. The number of hydrogen-bond donors (Lipinski definition) is 1. The van der Waals surface area contributed by atoms with Crippen molar-refractivity contribution in [2.24, 2.45) is 5.73 Å². The van der Waals surface area contributed by atoms with Gasteiger partial charge in [-0.05, 0) is 26.2 Å². The molecule has 0 bridgehead atoms. The maximum Gasteiger partial charge on any atom is 0.130 e. The molecule has 2 nitrogen and oxygen atoms in total. The van der Waals surface area contributed by atoms with E-state index >= 15 is 0 Å². The maximum atomic E-state index is 13.2. The molecule has 0 fully saturated rings. The summed E-state index contributed by atoms with van der Waals surface area (Å²) in [6, 6.07) is 3.13. The number of likely N-dealkylation sites (N-methyl/N-ethyl adjacent to an activating group) is 1. The fraction of sp³-hybridized carbons (Fsp3) is 0.400. The largest absolute Gasteiger partial charge is 0.323 e. The van der Waals surface area contributed by atoms with E-state index in [0.29, 0.717) is 6.54 Å². The van der Waals surface area contributed by atoms with Crippen LogP contribution >= 0.6 is 0 Å². The lowest BCUT2D eigenvalue weighted by atomic mass is 10.1. The van der Waals surface area contributed by atoms with E-state index in [-0.39, 0.29) is 5.56 Å². The first kappa shape index (κ1) is 11.1. The fourth-order valence-corrected chi connectivity index (χ4v) is 1.35. The van der Waals surface area contributed by atoms with Crippen LogP contribution in [0.1, 0.15) is 11.6 Å². The molecule has 78 valence electrons. The lowest BCUT2D eigenvalue weighted by Crippen LogP contribution is -2.27. The van der Waals surface area contributed by atoms with E-state index in [1.807, 2.05) is 0 Å². The minimum atomic E-state index is -0.633. The molecule has 2 N–H and O–H groups in total. The molecule has 1 aromatic rings. The van der Waals surface area contributed by atoms with Crippen molar-refractivity contribution in [2.75, 3.05) is 20.6 Å². The molecule has 4 heteroatoms. The number of halogens is 2. The zero-order chi connectivity index (χ0) is 10.7. The second kappa shape index (κ2) is 4.48. The molecule has 14 heavy (non-hydrogen) atoms. The second-order valence-corrected chi connectivity index (χ2v) is 3.50. The summed E-state index contributed by atoms with van der Waals surface area (Å²) in [6.07, 6.45) is 0. The van der Waals surface area contributed by atoms with Gasteiger partial charge in [-0.1, -0.05) is 6.07 Å². The smallest absolute Gasteiger partial charge is 0.130 e. The Hall–Kier alpha value is -1.00. The molecule has 0 radical (unpaired) electrons. The molecule has 0 spiro atoms. The first-order valence-corrected chi connectivity index (χ1v) is 4.36. The van der Waals surface area contributed by atoms with Gasteiger partial charge in [0.25, 0.3) is 0 Å². The highest BCUT2D eigenvalue weighted by Gasteiger charge is 2.16. The highest BCUT2D eigenvalue weighted by Crippen LogP contribution is 2.18. The van der Waals surface area contributed by atoms with Gasteiger partial charge in [-0.2, -0.15) is 0 Å². The molecule has 0 amide bonds. The van der Waals surface area contributed by atoms with Crippen LogP contribution < -0.4 is 5.73 Å². The standard InChI is InChI=1S/C10H14F2N2/c1-14(2)6-9(13)10-7(11)4-3-5-8(10)12/h3-5,9H,6,13H2,1-2H3. The van der Waals surface area contributed by atoms with Crippen LogP contribution in [-0.2, 0) is 0 Å². The van der Waals surface area contributed by atoms with Crippen LogP contribution in [0.3, 0.4) is 0 Å². The van der Waals surface area contributed by atoms with E-state index in [4.69, 9.17) is 5.73 Å². The maximum absolute atomic E-state index is 13.2. The average molecular weight is 200 g/mol. The van der Waals surface area contributed by atoms with Crippen molar-refractivity contribution in [3.8, 4) is 0 Å². The molecule has 0 saturated carbocycles. The van der Waals surface area contributed by atoms with Crippen molar-refractivity contribution < 1.29 is 8.78 Å². The van der Waals surface area contributed by atoms with E-state index in [1.54, 1.807) is 19.0 Å². The van der Waals surface area contributed by atoms with Gasteiger partial charge >= 0.3 is 0 Å². The van der Waals surface area contributed by atoms with Crippen LogP contribution in [0.15, 0.2) is 18.2 Å². The third kappa shape index (κ3) is 2.49. The normalized spacial score (nSPS) is 13.3. The van der Waals surface area contributed by atoms with Gasteiger partial charge in [-0.15, -0.1) is 0 Å². The Kier molecular flexibility index (Phi) is 3.55. The van der Waals surface area contributed by atoms with Crippen molar-refractivity contribution in [1.82, 2.24) is 4.90 Å². The molecule has 1 unspecified atom stereocenters. The number of nitrogens with two attached hydrogens (primary N) is 1. The molecule has 0 aliphatic carbocycles. The van der Waals surface area contributed by atoms with Crippen molar-refractivity contribution in [3.63, 3.8) is 0 Å². The van der Waals surface area contributed by atoms with Crippen molar-refractivity contribution >= 4 is 0 Å². The Morgan fingerprint density at radius 2 is 1.79 bits per heavy atom. The summed E-state index contributed by atoms with van der Waals surface area (Å²) >= 11 is 0. The SMILES string of the molecule is CN(C)CC(N)c1c(F)cccc1F.